The molecule has 1 heterocycles. The van der Waals surface area contributed by atoms with E-state index >= 15 is 0 Å². The van der Waals surface area contributed by atoms with E-state index in [1.54, 1.807) is 13.0 Å². The minimum Gasteiger partial charge on any atom is -0.391 e. The van der Waals surface area contributed by atoms with E-state index in [1.165, 1.54) is 0 Å². The lowest BCUT2D eigenvalue weighted by Crippen LogP contribution is -2.20. The predicted molar refractivity (Wildman–Crippen MR) is 64.0 cm³/mol. The van der Waals surface area contributed by atoms with Gasteiger partial charge in [0, 0.05) is 12.6 Å². The molecule has 5 N–H and O–H groups in total. The van der Waals surface area contributed by atoms with Gasteiger partial charge in [0.05, 0.1) is 6.10 Å². The predicted octanol–water partition coefficient (Wildman–Crippen LogP) is 0.644. The number of rotatable bonds is 6. The number of nitrogens with zero attached hydrogens (tertiary/aromatic N) is 2. The molecule has 90 valence electrons. The minimum absolute atomic E-state index is 0.352. The van der Waals surface area contributed by atoms with Crippen molar-refractivity contribution in [3.8, 4) is 0 Å². The van der Waals surface area contributed by atoms with Gasteiger partial charge in [-0.15, -0.1) is 0 Å². The van der Waals surface area contributed by atoms with Crippen molar-refractivity contribution < 1.29 is 5.11 Å². The molecule has 0 aliphatic heterocycles. The summed E-state index contributed by atoms with van der Waals surface area (Å²) in [6.07, 6.45) is 1.38. The molecular formula is C10H19N5O. The quantitative estimate of drug-likeness (QED) is 0.419. The van der Waals surface area contributed by atoms with E-state index in [1.807, 2.05) is 6.92 Å². The van der Waals surface area contributed by atoms with Crippen molar-refractivity contribution in [1.82, 2.24) is 9.97 Å². The first kappa shape index (κ1) is 12.7. The number of nitrogen functional groups attached to an aromatic ring is 1. The van der Waals surface area contributed by atoms with E-state index in [0.29, 0.717) is 24.0 Å². The minimum atomic E-state index is -0.352. The molecule has 1 atom stereocenters. The van der Waals surface area contributed by atoms with Crippen LogP contribution in [-0.2, 0) is 0 Å². The number of aryl methyl sites for hydroxylation is 1. The number of hydrogen-bond donors (Lipinski definition) is 4. The normalized spacial score (nSPS) is 12.2. The number of aliphatic hydroxyl groups is 1. The summed E-state index contributed by atoms with van der Waals surface area (Å²) in [4.78, 5) is 8.25. The van der Waals surface area contributed by atoms with Crippen LogP contribution in [0.2, 0.25) is 0 Å². The van der Waals surface area contributed by atoms with Crippen molar-refractivity contribution in [2.24, 2.45) is 5.84 Å². The molecule has 1 aromatic heterocycles. The first-order valence-corrected chi connectivity index (χ1v) is 5.40. The molecule has 1 aromatic rings. The van der Waals surface area contributed by atoms with Crippen molar-refractivity contribution in [3.63, 3.8) is 0 Å². The van der Waals surface area contributed by atoms with Gasteiger partial charge in [-0.05, 0) is 13.3 Å². The van der Waals surface area contributed by atoms with Crippen molar-refractivity contribution in [1.29, 1.82) is 0 Å². The van der Waals surface area contributed by atoms with E-state index in [9.17, 15) is 5.11 Å². The number of anilines is 2. The Labute approximate surface area is 95.3 Å². The molecule has 0 radical (unpaired) electrons. The molecule has 0 aliphatic rings. The largest absolute Gasteiger partial charge is 0.391 e. The van der Waals surface area contributed by atoms with Crippen molar-refractivity contribution in [2.45, 2.75) is 32.8 Å². The molecule has 6 heteroatoms. The Morgan fingerprint density at radius 2 is 2.12 bits per heavy atom. The molecule has 0 amide bonds. The van der Waals surface area contributed by atoms with Gasteiger partial charge in [-0.25, -0.2) is 15.8 Å². The number of nitrogens with one attached hydrogen (secondary N) is 2. The van der Waals surface area contributed by atoms with Crippen LogP contribution in [0.4, 0.5) is 11.6 Å². The van der Waals surface area contributed by atoms with Gasteiger partial charge in [0.15, 0.2) is 0 Å². The fraction of sp³-hybridized carbons (Fsp3) is 0.600. The lowest BCUT2D eigenvalue weighted by atomic mass is 10.2. The summed E-state index contributed by atoms with van der Waals surface area (Å²) in [7, 11) is 0. The van der Waals surface area contributed by atoms with Crippen LogP contribution in [0.1, 0.15) is 25.6 Å². The van der Waals surface area contributed by atoms with Gasteiger partial charge in [0.2, 0.25) is 0 Å². The fourth-order valence-electron chi connectivity index (χ4n) is 1.39. The smallest absolute Gasteiger partial charge is 0.145 e. The Morgan fingerprint density at radius 1 is 1.44 bits per heavy atom. The van der Waals surface area contributed by atoms with Gasteiger partial charge in [0.25, 0.3) is 0 Å². The Kier molecular flexibility index (Phi) is 4.94. The van der Waals surface area contributed by atoms with E-state index in [0.717, 1.165) is 12.8 Å². The standard InChI is InChI=1S/C10H19N5O/c1-3-4-8(16)6-12-9-5-10(15-11)14-7(2)13-9/h5,8,16H,3-4,6,11H2,1-2H3,(H2,12,13,14,15). The van der Waals surface area contributed by atoms with Crippen LogP contribution in [0.5, 0.6) is 0 Å². The number of hydrazine groups is 1. The number of nitrogens with two attached hydrogens (primary N) is 1. The molecule has 0 aromatic carbocycles. The molecule has 0 aliphatic carbocycles. The molecule has 6 nitrogen and oxygen atoms in total. The molecule has 1 rings (SSSR count). The third-order valence-corrected chi connectivity index (χ3v) is 2.13. The van der Waals surface area contributed by atoms with Crippen molar-refractivity contribution >= 4 is 11.6 Å². The topological polar surface area (TPSA) is 96.1 Å². The van der Waals surface area contributed by atoms with Crippen LogP contribution in [-0.4, -0.2) is 27.7 Å². The molecule has 0 saturated heterocycles. The van der Waals surface area contributed by atoms with Crippen molar-refractivity contribution in [3.05, 3.63) is 11.9 Å². The van der Waals surface area contributed by atoms with Crippen molar-refractivity contribution in [2.75, 3.05) is 17.3 Å². The zero-order chi connectivity index (χ0) is 12.0. The van der Waals surface area contributed by atoms with E-state index in [4.69, 9.17) is 5.84 Å². The van der Waals surface area contributed by atoms with Crippen LogP contribution < -0.4 is 16.6 Å². The summed E-state index contributed by atoms with van der Waals surface area (Å²) < 4.78 is 0. The fourth-order valence-corrected chi connectivity index (χ4v) is 1.39. The van der Waals surface area contributed by atoms with Gasteiger partial charge in [-0.3, -0.25) is 0 Å². The summed E-state index contributed by atoms with van der Waals surface area (Å²) in [5.74, 6) is 7.12. The summed E-state index contributed by atoms with van der Waals surface area (Å²) in [6, 6.07) is 1.70. The van der Waals surface area contributed by atoms with Crippen LogP contribution in [0.15, 0.2) is 6.07 Å². The van der Waals surface area contributed by atoms with E-state index in [-0.39, 0.29) is 6.10 Å². The molecule has 0 bridgehead atoms. The highest BCUT2D eigenvalue weighted by atomic mass is 16.3. The van der Waals surface area contributed by atoms with Crippen LogP contribution in [0.25, 0.3) is 0 Å². The Hall–Kier alpha value is -1.40. The van der Waals surface area contributed by atoms with E-state index < -0.39 is 0 Å². The van der Waals surface area contributed by atoms with Crippen LogP contribution in [0, 0.1) is 6.92 Å². The molecule has 1 unspecified atom stereocenters. The number of aliphatic hydroxyl groups excluding tert-OH is 1. The molecule has 0 saturated carbocycles. The maximum atomic E-state index is 9.56. The zero-order valence-corrected chi connectivity index (χ0v) is 9.70. The zero-order valence-electron chi connectivity index (χ0n) is 9.70. The van der Waals surface area contributed by atoms with Gasteiger partial charge < -0.3 is 15.8 Å². The Bertz CT molecular complexity index is 331. The second-order valence-electron chi connectivity index (χ2n) is 3.65. The highest BCUT2D eigenvalue weighted by Crippen LogP contribution is 2.10. The summed E-state index contributed by atoms with van der Waals surface area (Å²) in [5.41, 5.74) is 2.47. The first-order chi connectivity index (χ1) is 7.65. The third-order valence-electron chi connectivity index (χ3n) is 2.13. The second kappa shape index (κ2) is 6.24. The lowest BCUT2D eigenvalue weighted by molar-refractivity contribution is 0.176. The SMILES string of the molecule is CCCC(O)CNc1cc(NN)nc(C)n1. The van der Waals surface area contributed by atoms with Gasteiger partial charge in [-0.1, -0.05) is 13.3 Å². The number of aromatic nitrogens is 2. The molecule has 0 spiro atoms. The molecule has 0 fully saturated rings. The van der Waals surface area contributed by atoms with Crippen LogP contribution >= 0.6 is 0 Å². The van der Waals surface area contributed by atoms with E-state index in [2.05, 4.69) is 20.7 Å². The third kappa shape index (κ3) is 4.00. The lowest BCUT2D eigenvalue weighted by Gasteiger charge is -2.12. The average Bonchev–Trinajstić information content (AvgIpc) is 2.26. The van der Waals surface area contributed by atoms with Gasteiger partial charge >= 0.3 is 0 Å². The first-order valence-electron chi connectivity index (χ1n) is 5.40. The highest BCUT2D eigenvalue weighted by Gasteiger charge is 2.04. The average molecular weight is 225 g/mol. The molecule has 16 heavy (non-hydrogen) atoms. The Morgan fingerprint density at radius 3 is 2.75 bits per heavy atom. The monoisotopic (exact) mass is 225 g/mol. The number of hydrogen-bond acceptors (Lipinski definition) is 6. The summed E-state index contributed by atoms with van der Waals surface area (Å²) in [6.45, 7) is 4.30. The molecular weight excluding hydrogens is 206 g/mol. The van der Waals surface area contributed by atoms with Crippen LogP contribution in [0.3, 0.4) is 0 Å². The Balaban J connectivity index is 2.56. The maximum absolute atomic E-state index is 9.56. The van der Waals surface area contributed by atoms with Gasteiger partial charge in [0.1, 0.15) is 17.5 Å². The highest BCUT2D eigenvalue weighted by molar-refractivity contribution is 5.46. The maximum Gasteiger partial charge on any atom is 0.145 e. The van der Waals surface area contributed by atoms with Gasteiger partial charge in [-0.2, -0.15) is 0 Å². The summed E-state index contributed by atoms with van der Waals surface area (Å²) in [5, 5.41) is 12.6. The second-order valence-corrected chi connectivity index (χ2v) is 3.65. The summed E-state index contributed by atoms with van der Waals surface area (Å²) >= 11 is 0.